The lowest BCUT2D eigenvalue weighted by atomic mass is 10.2. The number of methoxy groups -OCH3 is 1. The first-order chi connectivity index (χ1) is 11.2. The van der Waals surface area contributed by atoms with Crippen LogP contribution in [-0.4, -0.2) is 23.5 Å². The predicted octanol–water partition coefficient (Wildman–Crippen LogP) is 2.40. The fourth-order valence-electron chi connectivity index (χ4n) is 2.19. The molecule has 0 aliphatic heterocycles. The highest BCUT2D eigenvalue weighted by atomic mass is 16.5. The van der Waals surface area contributed by atoms with Gasteiger partial charge in [0.25, 0.3) is 0 Å². The standard InChI is InChI=1S/C17H22N4O2/c1-21-13-15(12-20-21)11-19-10-14-5-6-16(22-2)17(9-14)23-8-4-3-7-18/h5-6,9,12-13,19H,3-4,8,10-11H2,1-2H3. The summed E-state index contributed by atoms with van der Waals surface area (Å²) in [5, 5.41) is 16.1. The van der Waals surface area contributed by atoms with Crippen molar-refractivity contribution in [1.82, 2.24) is 15.1 Å². The number of hydrogen-bond donors (Lipinski definition) is 1. The minimum atomic E-state index is 0.495. The zero-order valence-electron chi connectivity index (χ0n) is 13.6. The first-order valence-electron chi connectivity index (χ1n) is 7.58. The van der Waals surface area contributed by atoms with E-state index in [0.717, 1.165) is 24.2 Å². The normalized spacial score (nSPS) is 10.3. The average molecular weight is 314 g/mol. The van der Waals surface area contributed by atoms with Gasteiger partial charge in [0, 0.05) is 38.3 Å². The van der Waals surface area contributed by atoms with Crippen molar-refractivity contribution < 1.29 is 9.47 Å². The van der Waals surface area contributed by atoms with Crippen LogP contribution in [0.2, 0.25) is 0 Å². The fourth-order valence-corrected chi connectivity index (χ4v) is 2.19. The van der Waals surface area contributed by atoms with Crippen molar-refractivity contribution in [3.8, 4) is 17.6 Å². The van der Waals surface area contributed by atoms with Gasteiger partial charge in [0.2, 0.25) is 0 Å². The van der Waals surface area contributed by atoms with E-state index < -0.39 is 0 Å². The van der Waals surface area contributed by atoms with Gasteiger partial charge in [-0.05, 0) is 24.1 Å². The molecule has 23 heavy (non-hydrogen) atoms. The monoisotopic (exact) mass is 314 g/mol. The Balaban J connectivity index is 1.89. The van der Waals surface area contributed by atoms with E-state index in [2.05, 4.69) is 16.5 Å². The topological polar surface area (TPSA) is 72.1 Å². The molecule has 2 rings (SSSR count). The van der Waals surface area contributed by atoms with Crippen LogP contribution in [0.25, 0.3) is 0 Å². The second-order valence-corrected chi connectivity index (χ2v) is 5.22. The molecule has 1 heterocycles. The number of rotatable bonds is 9. The molecule has 0 unspecified atom stereocenters. The molecule has 0 saturated carbocycles. The first kappa shape index (κ1) is 16.8. The van der Waals surface area contributed by atoms with Crippen LogP contribution < -0.4 is 14.8 Å². The van der Waals surface area contributed by atoms with Crippen LogP contribution in [0.5, 0.6) is 11.5 Å². The van der Waals surface area contributed by atoms with Gasteiger partial charge in [0.1, 0.15) is 0 Å². The van der Waals surface area contributed by atoms with Crippen molar-refractivity contribution in [3.63, 3.8) is 0 Å². The van der Waals surface area contributed by atoms with Gasteiger partial charge in [-0.3, -0.25) is 4.68 Å². The third kappa shape index (κ3) is 5.31. The molecule has 122 valence electrons. The minimum absolute atomic E-state index is 0.495. The van der Waals surface area contributed by atoms with Crippen molar-refractivity contribution in [2.45, 2.75) is 25.9 Å². The first-order valence-corrected chi connectivity index (χ1v) is 7.58. The molecule has 1 N–H and O–H groups in total. The fraction of sp³-hybridized carbons (Fsp3) is 0.412. The maximum Gasteiger partial charge on any atom is 0.161 e. The SMILES string of the molecule is COc1ccc(CNCc2cnn(C)c2)cc1OCCCC#N. The molecule has 0 atom stereocenters. The molecule has 0 amide bonds. The lowest BCUT2D eigenvalue weighted by molar-refractivity contribution is 0.290. The summed E-state index contributed by atoms with van der Waals surface area (Å²) in [6.07, 6.45) is 5.05. The van der Waals surface area contributed by atoms with Crippen LogP contribution in [0, 0.1) is 11.3 Å². The smallest absolute Gasteiger partial charge is 0.161 e. The van der Waals surface area contributed by atoms with Crippen molar-refractivity contribution in [2.75, 3.05) is 13.7 Å². The van der Waals surface area contributed by atoms with Gasteiger partial charge in [-0.1, -0.05) is 6.07 Å². The van der Waals surface area contributed by atoms with Crippen LogP contribution in [0.4, 0.5) is 0 Å². The van der Waals surface area contributed by atoms with E-state index in [9.17, 15) is 0 Å². The summed E-state index contributed by atoms with van der Waals surface area (Å²) in [4.78, 5) is 0. The summed E-state index contributed by atoms with van der Waals surface area (Å²) >= 11 is 0. The van der Waals surface area contributed by atoms with Crippen LogP contribution in [0.15, 0.2) is 30.6 Å². The average Bonchev–Trinajstić information content (AvgIpc) is 2.97. The van der Waals surface area contributed by atoms with E-state index in [-0.39, 0.29) is 0 Å². The number of ether oxygens (including phenoxy) is 2. The summed E-state index contributed by atoms with van der Waals surface area (Å²) in [5.74, 6) is 1.42. The Bertz CT molecular complexity index is 661. The molecule has 0 spiro atoms. The summed E-state index contributed by atoms with van der Waals surface area (Å²) in [6.45, 7) is 2.00. The van der Waals surface area contributed by atoms with Gasteiger partial charge < -0.3 is 14.8 Å². The molecular weight excluding hydrogens is 292 g/mol. The maximum absolute atomic E-state index is 8.56. The summed E-state index contributed by atoms with van der Waals surface area (Å²) in [5.41, 5.74) is 2.26. The summed E-state index contributed by atoms with van der Waals surface area (Å²) in [6, 6.07) is 8.00. The number of nitrogens with zero attached hydrogens (tertiary/aromatic N) is 3. The molecule has 1 aromatic heterocycles. The van der Waals surface area contributed by atoms with Crippen molar-refractivity contribution >= 4 is 0 Å². The summed E-state index contributed by atoms with van der Waals surface area (Å²) in [7, 11) is 3.53. The Morgan fingerprint density at radius 1 is 1.26 bits per heavy atom. The Labute approximate surface area is 136 Å². The zero-order chi connectivity index (χ0) is 16.5. The van der Waals surface area contributed by atoms with Gasteiger partial charge in [0.15, 0.2) is 11.5 Å². The Morgan fingerprint density at radius 2 is 2.09 bits per heavy atom. The predicted molar refractivity (Wildman–Crippen MR) is 87.1 cm³/mol. The van der Waals surface area contributed by atoms with Gasteiger partial charge >= 0.3 is 0 Å². The Hall–Kier alpha value is -2.52. The van der Waals surface area contributed by atoms with E-state index >= 15 is 0 Å². The van der Waals surface area contributed by atoms with E-state index in [1.54, 1.807) is 11.8 Å². The van der Waals surface area contributed by atoms with E-state index in [0.29, 0.717) is 30.9 Å². The van der Waals surface area contributed by atoms with Gasteiger partial charge in [0.05, 0.1) is 26.0 Å². The minimum Gasteiger partial charge on any atom is -0.493 e. The van der Waals surface area contributed by atoms with Crippen molar-refractivity contribution in [2.24, 2.45) is 7.05 Å². The van der Waals surface area contributed by atoms with Gasteiger partial charge in [-0.25, -0.2) is 0 Å². The van der Waals surface area contributed by atoms with E-state index in [1.165, 1.54) is 0 Å². The van der Waals surface area contributed by atoms with Gasteiger partial charge in [-0.2, -0.15) is 10.4 Å². The van der Waals surface area contributed by atoms with Gasteiger partial charge in [-0.15, -0.1) is 0 Å². The molecule has 6 heteroatoms. The quantitative estimate of drug-likeness (QED) is 0.720. The molecule has 6 nitrogen and oxygen atoms in total. The largest absolute Gasteiger partial charge is 0.493 e. The van der Waals surface area contributed by atoms with Crippen molar-refractivity contribution in [3.05, 3.63) is 41.7 Å². The summed E-state index contributed by atoms with van der Waals surface area (Å²) < 4.78 is 12.8. The lowest BCUT2D eigenvalue weighted by Crippen LogP contribution is -2.12. The molecular formula is C17H22N4O2. The van der Waals surface area contributed by atoms with Crippen molar-refractivity contribution in [1.29, 1.82) is 5.26 Å². The molecule has 2 aromatic rings. The van der Waals surface area contributed by atoms with Crippen LogP contribution in [0.1, 0.15) is 24.0 Å². The second-order valence-electron chi connectivity index (χ2n) is 5.22. The highest BCUT2D eigenvalue weighted by Crippen LogP contribution is 2.28. The zero-order valence-corrected chi connectivity index (χ0v) is 13.6. The highest BCUT2D eigenvalue weighted by molar-refractivity contribution is 5.43. The number of aryl methyl sites for hydroxylation is 1. The third-order valence-corrected chi connectivity index (χ3v) is 3.34. The Morgan fingerprint density at radius 3 is 2.78 bits per heavy atom. The number of nitriles is 1. The second kappa shape index (κ2) is 8.81. The van der Waals surface area contributed by atoms with Crippen LogP contribution in [-0.2, 0) is 20.1 Å². The number of unbranched alkanes of at least 4 members (excludes halogenated alkanes) is 1. The molecule has 0 fully saturated rings. The molecule has 1 aromatic carbocycles. The molecule has 0 bridgehead atoms. The molecule has 0 radical (unpaired) electrons. The maximum atomic E-state index is 8.56. The van der Waals surface area contributed by atoms with E-state index in [1.807, 2.05) is 37.6 Å². The number of benzene rings is 1. The van der Waals surface area contributed by atoms with Crippen LogP contribution in [0.3, 0.4) is 0 Å². The molecule has 0 saturated heterocycles. The number of hydrogen-bond acceptors (Lipinski definition) is 5. The highest BCUT2D eigenvalue weighted by Gasteiger charge is 2.06. The molecule has 0 aliphatic rings. The number of aromatic nitrogens is 2. The third-order valence-electron chi connectivity index (χ3n) is 3.34. The van der Waals surface area contributed by atoms with Crippen LogP contribution >= 0.6 is 0 Å². The Kier molecular flexibility index (Phi) is 6.45. The molecule has 0 aliphatic carbocycles. The lowest BCUT2D eigenvalue weighted by Gasteiger charge is -2.12. The number of nitrogens with one attached hydrogen (secondary N) is 1. The van der Waals surface area contributed by atoms with E-state index in [4.69, 9.17) is 14.7 Å².